The Hall–Kier alpha value is -3.45. The zero-order chi connectivity index (χ0) is 25.1. The molecule has 0 spiro atoms. The lowest BCUT2D eigenvalue weighted by atomic mass is 10.1. The Morgan fingerprint density at radius 1 is 1.26 bits per heavy atom. The van der Waals surface area contributed by atoms with E-state index in [0.29, 0.717) is 32.4 Å². The molecule has 7 N–H and O–H groups in total. The molecule has 1 aromatic carbocycles. The second kappa shape index (κ2) is 13.3. The highest BCUT2D eigenvalue weighted by Gasteiger charge is 2.37. The average Bonchev–Trinajstić information content (AvgIpc) is 3.29. The predicted octanol–water partition coefficient (Wildman–Crippen LogP) is -0.599. The summed E-state index contributed by atoms with van der Waals surface area (Å²) >= 11 is 0. The molecule has 1 fully saturated rings. The highest BCUT2D eigenvalue weighted by Crippen LogP contribution is 2.20. The van der Waals surface area contributed by atoms with Gasteiger partial charge in [0.05, 0.1) is 0 Å². The van der Waals surface area contributed by atoms with Crippen LogP contribution >= 0.6 is 0 Å². The van der Waals surface area contributed by atoms with Gasteiger partial charge in [-0.25, -0.2) is 10.1 Å². The van der Waals surface area contributed by atoms with Gasteiger partial charge >= 0.3 is 0 Å². The van der Waals surface area contributed by atoms with E-state index in [4.69, 9.17) is 5.73 Å². The van der Waals surface area contributed by atoms with Crippen molar-refractivity contribution in [2.75, 3.05) is 19.6 Å². The Balaban J connectivity index is 2.07. The lowest BCUT2D eigenvalue weighted by Crippen LogP contribution is -2.54. The van der Waals surface area contributed by atoms with E-state index in [1.54, 1.807) is 0 Å². The fourth-order valence-corrected chi connectivity index (χ4v) is 3.70. The highest BCUT2D eigenvalue weighted by atomic mass is 16.7. The number of likely N-dealkylation sites (tertiary alicyclic amines) is 1. The molecule has 1 saturated heterocycles. The van der Waals surface area contributed by atoms with E-state index in [9.17, 15) is 29.6 Å². The van der Waals surface area contributed by atoms with Gasteiger partial charge in [-0.15, -0.1) is 5.43 Å². The maximum atomic E-state index is 13.4. The van der Waals surface area contributed by atoms with Gasteiger partial charge in [0.25, 0.3) is 5.91 Å². The van der Waals surface area contributed by atoms with Crippen LogP contribution in [0.4, 0.5) is 0 Å². The number of rotatable bonds is 13. The number of carbonyl (C=O) groups is 3. The molecule has 0 bridgehead atoms. The van der Waals surface area contributed by atoms with Gasteiger partial charge in [-0.05, 0) is 62.9 Å². The van der Waals surface area contributed by atoms with Gasteiger partial charge in [-0.2, -0.15) is 0 Å². The number of phenols is 1. The first-order valence-corrected chi connectivity index (χ1v) is 11.3. The first kappa shape index (κ1) is 26.8. The fourth-order valence-electron chi connectivity index (χ4n) is 3.70. The van der Waals surface area contributed by atoms with Crippen molar-refractivity contribution in [2.24, 2.45) is 5.73 Å². The summed E-state index contributed by atoms with van der Waals surface area (Å²) in [6.45, 7) is 3.11. The SMILES string of the molecule is CCCNC(=O)C1CCCN1C(=O)C(CCCNC(N)N[N+](=O)[O-])NC(=O)c1ccc(O)cc1. The number of hydrogen-bond acceptors (Lipinski definition) is 8. The van der Waals surface area contributed by atoms with E-state index in [-0.39, 0.29) is 36.1 Å². The number of benzene rings is 1. The summed E-state index contributed by atoms with van der Waals surface area (Å²) in [4.78, 5) is 50.6. The largest absolute Gasteiger partial charge is 0.508 e. The number of hydrazine groups is 1. The molecule has 0 saturated carbocycles. The first-order chi connectivity index (χ1) is 16.2. The monoisotopic (exact) mass is 479 g/mol. The molecule has 3 atom stereocenters. The topological polar surface area (TPSA) is 192 Å². The summed E-state index contributed by atoms with van der Waals surface area (Å²) in [5.74, 6) is -1.07. The molecular formula is C21H33N7O6. The number of nitrogens with one attached hydrogen (secondary N) is 4. The zero-order valence-electron chi connectivity index (χ0n) is 19.2. The lowest BCUT2D eigenvalue weighted by Gasteiger charge is -2.29. The molecule has 0 radical (unpaired) electrons. The Morgan fingerprint density at radius 2 is 1.97 bits per heavy atom. The van der Waals surface area contributed by atoms with Crippen LogP contribution in [0.2, 0.25) is 0 Å². The average molecular weight is 480 g/mol. The van der Waals surface area contributed by atoms with Crippen molar-refractivity contribution in [3.8, 4) is 5.75 Å². The quantitative estimate of drug-likeness (QED) is 0.0927. The molecule has 13 nitrogen and oxygen atoms in total. The van der Waals surface area contributed by atoms with Crippen molar-refractivity contribution in [1.82, 2.24) is 26.3 Å². The number of carbonyl (C=O) groups excluding carboxylic acids is 3. The van der Waals surface area contributed by atoms with Crippen LogP contribution in [0.3, 0.4) is 0 Å². The van der Waals surface area contributed by atoms with E-state index in [1.807, 2.05) is 12.3 Å². The summed E-state index contributed by atoms with van der Waals surface area (Å²) in [5, 5.41) is 27.4. The zero-order valence-corrected chi connectivity index (χ0v) is 19.2. The summed E-state index contributed by atoms with van der Waals surface area (Å²) in [6, 6.07) is 4.10. The summed E-state index contributed by atoms with van der Waals surface area (Å²) in [5.41, 5.74) is 7.68. The van der Waals surface area contributed by atoms with Crippen LogP contribution in [-0.2, 0) is 9.59 Å². The van der Waals surface area contributed by atoms with Gasteiger partial charge in [0, 0.05) is 18.7 Å². The maximum absolute atomic E-state index is 13.4. The van der Waals surface area contributed by atoms with Crippen LogP contribution in [0.1, 0.15) is 49.4 Å². The Bertz CT molecular complexity index is 851. The van der Waals surface area contributed by atoms with Crippen molar-refractivity contribution in [3.63, 3.8) is 0 Å². The molecule has 0 aromatic heterocycles. The number of hydrogen-bond donors (Lipinski definition) is 6. The smallest absolute Gasteiger partial charge is 0.251 e. The van der Waals surface area contributed by atoms with E-state index >= 15 is 0 Å². The van der Waals surface area contributed by atoms with Gasteiger partial charge in [-0.3, -0.25) is 25.4 Å². The molecule has 3 amide bonds. The third-order valence-electron chi connectivity index (χ3n) is 5.40. The van der Waals surface area contributed by atoms with Gasteiger partial charge in [0.1, 0.15) is 17.8 Å². The maximum Gasteiger partial charge on any atom is 0.251 e. The van der Waals surface area contributed by atoms with Crippen LogP contribution in [0.5, 0.6) is 5.75 Å². The van der Waals surface area contributed by atoms with Crippen molar-refractivity contribution in [3.05, 3.63) is 39.9 Å². The minimum absolute atomic E-state index is 0.00734. The second-order valence-electron chi connectivity index (χ2n) is 8.01. The van der Waals surface area contributed by atoms with Crippen LogP contribution in [-0.4, -0.2) is 70.8 Å². The van der Waals surface area contributed by atoms with Crippen molar-refractivity contribution >= 4 is 17.7 Å². The number of nitrogens with zero attached hydrogens (tertiary/aromatic N) is 2. The summed E-state index contributed by atoms with van der Waals surface area (Å²) in [6.07, 6.45) is 1.53. The molecule has 0 aliphatic carbocycles. The van der Waals surface area contributed by atoms with Gasteiger partial charge in [0.15, 0.2) is 11.3 Å². The lowest BCUT2D eigenvalue weighted by molar-refractivity contribution is -0.552. The van der Waals surface area contributed by atoms with Crippen LogP contribution in [0.25, 0.3) is 0 Å². The molecule has 1 aliphatic heterocycles. The molecule has 34 heavy (non-hydrogen) atoms. The van der Waals surface area contributed by atoms with Crippen molar-refractivity contribution < 1.29 is 24.5 Å². The van der Waals surface area contributed by atoms with E-state index in [2.05, 4.69) is 16.0 Å². The van der Waals surface area contributed by atoms with Crippen molar-refractivity contribution in [1.29, 1.82) is 0 Å². The molecule has 1 aliphatic rings. The van der Waals surface area contributed by atoms with E-state index in [1.165, 1.54) is 29.2 Å². The molecule has 2 rings (SSSR count). The number of amides is 3. The number of nitrogens with two attached hydrogens (primary N) is 1. The molecule has 3 unspecified atom stereocenters. The van der Waals surface area contributed by atoms with Gasteiger partial charge in [-0.1, -0.05) is 6.92 Å². The van der Waals surface area contributed by atoms with Crippen molar-refractivity contribution in [2.45, 2.75) is 57.4 Å². The summed E-state index contributed by atoms with van der Waals surface area (Å²) < 4.78 is 0. The number of aromatic hydroxyl groups is 1. The third-order valence-corrected chi connectivity index (χ3v) is 5.40. The molecule has 13 heteroatoms. The minimum atomic E-state index is -1.07. The normalized spacial score (nSPS) is 17.0. The van der Waals surface area contributed by atoms with Gasteiger partial charge in [0.2, 0.25) is 11.8 Å². The third kappa shape index (κ3) is 8.15. The van der Waals surface area contributed by atoms with Gasteiger partial charge < -0.3 is 20.6 Å². The number of phenolic OH excluding ortho intramolecular Hbond substituents is 1. The molecule has 188 valence electrons. The fraction of sp³-hybridized carbons (Fsp3) is 0.571. The standard InChI is InChI=1S/C21H33N7O6/c1-2-11-23-19(31)17-6-4-13-27(17)20(32)16(5-3-12-24-21(22)26-28(33)34)25-18(30)14-7-9-15(29)10-8-14/h7-10,16-17,21,24,26,29H,2-6,11-13,22H2,1H3,(H,23,31)(H,25,30). The Morgan fingerprint density at radius 3 is 2.62 bits per heavy atom. The van der Waals surface area contributed by atoms with E-state index < -0.39 is 29.3 Å². The van der Waals surface area contributed by atoms with E-state index in [0.717, 1.165) is 6.42 Å². The summed E-state index contributed by atoms with van der Waals surface area (Å²) in [7, 11) is 0. The predicted molar refractivity (Wildman–Crippen MR) is 123 cm³/mol. The second-order valence-corrected chi connectivity index (χ2v) is 8.01. The first-order valence-electron chi connectivity index (χ1n) is 11.3. The number of nitro groups is 1. The molecule has 1 aromatic rings. The molecule has 1 heterocycles. The molecular weight excluding hydrogens is 446 g/mol. The Labute approximate surface area is 197 Å². The van der Waals surface area contributed by atoms with Crippen LogP contribution < -0.4 is 27.1 Å². The Kier molecular flexibility index (Phi) is 10.5. The minimum Gasteiger partial charge on any atom is -0.508 e. The highest BCUT2D eigenvalue weighted by molar-refractivity contribution is 5.98. The van der Waals surface area contributed by atoms with Crippen LogP contribution in [0.15, 0.2) is 24.3 Å². The van der Waals surface area contributed by atoms with Crippen LogP contribution in [0, 0.1) is 10.1 Å².